The van der Waals surface area contributed by atoms with Gasteiger partial charge in [-0.25, -0.2) is 0 Å². The molecule has 1 atom stereocenters. The maximum absolute atomic E-state index is 12.3. The molecule has 126 valence electrons. The predicted octanol–water partition coefficient (Wildman–Crippen LogP) is 2.15. The molecule has 4 heteroatoms. The van der Waals surface area contributed by atoms with E-state index in [9.17, 15) is 4.79 Å². The topological polar surface area (TPSA) is 35.6 Å². The Hall–Kier alpha value is -1.65. The van der Waals surface area contributed by atoms with Gasteiger partial charge in [0, 0.05) is 38.3 Å². The first kappa shape index (κ1) is 17.7. The number of rotatable bonds is 5. The van der Waals surface area contributed by atoms with Crippen LogP contribution in [0.25, 0.3) is 5.57 Å². The lowest BCUT2D eigenvalue weighted by Crippen LogP contribution is -2.54. The summed E-state index contributed by atoms with van der Waals surface area (Å²) in [7, 11) is 4.26. The first-order valence-electron chi connectivity index (χ1n) is 8.43. The molecule has 0 spiro atoms. The summed E-state index contributed by atoms with van der Waals surface area (Å²) in [4.78, 5) is 16.9. The summed E-state index contributed by atoms with van der Waals surface area (Å²) in [5, 5.41) is 3.07. The van der Waals surface area contributed by atoms with Crippen LogP contribution in [0.2, 0.25) is 0 Å². The van der Waals surface area contributed by atoms with Gasteiger partial charge in [0.15, 0.2) is 0 Å². The largest absolute Gasteiger partial charge is 0.351 e. The number of likely N-dealkylation sites (N-methyl/N-ethyl adjacent to an activating group) is 2. The number of allylic oxidation sites excluding steroid dienone is 1. The Morgan fingerprint density at radius 3 is 2.61 bits per heavy atom. The maximum Gasteiger partial charge on any atom is 0.244 e. The molecule has 4 nitrogen and oxygen atoms in total. The van der Waals surface area contributed by atoms with Gasteiger partial charge in [-0.2, -0.15) is 0 Å². The van der Waals surface area contributed by atoms with Crippen LogP contribution >= 0.6 is 0 Å². The minimum Gasteiger partial charge on any atom is -0.351 e. The van der Waals surface area contributed by atoms with Gasteiger partial charge in [-0.1, -0.05) is 36.8 Å². The van der Waals surface area contributed by atoms with Crippen molar-refractivity contribution < 1.29 is 4.79 Å². The molecule has 1 N–H and O–H groups in total. The molecule has 0 aliphatic carbocycles. The molecular formula is C19H29N3O. The van der Waals surface area contributed by atoms with Crippen molar-refractivity contribution in [1.29, 1.82) is 0 Å². The van der Waals surface area contributed by atoms with E-state index >= 15 is 0 Å². The van der Waals surface area contributed by atoms with Crippen molar-refractivity contribution in [2.24, 2.45) is 0 Å². The Kier molecular flexibility index (Phi) is 6.37. The summed E-state index contributed by atoms with van der Waals surface area (Å²) in [6.45, 7) is 8.00. The van der Waals surface area contributed by atoms with Crippen LogP contribution in [0.1, 0.15) is 24.5 Å². The molecule has 1 unspecified atom stereocenters. The lowest BCUT2D eigenvalue weighted by molar-refractivity contribution is -0.116. The average molecular weight is 315 g/mol. The van der Waals surface area contributed by atoms with Crippen molar-refractivity contribution in [2.75, 3.05) is 40.3 Å². The van der Waals surface area contributed by atoms with Gasteiger partial charge in [0.1, 0.15) is 0 Å². The van der Waals surface area contributed by atoms with Crippen LogP contribution in [0.3, 0.4) is 0 Å². The van der Waals surface area contributed by atoms with Crippen molar-refractivity contribution in [2.45, 2.75) is 26.3 Å². The maximum atomic E-state index is 12.3. The molecule has 23 heavy (non-hydrogen) atoms. The SMILES string of the molecule is CC/C(=C\C(=O)NCC1CN(C)CCN1C)c1ccc(C)cc1. The minimum atomic E-state index is 0.00375. The van der Waals surface area contributed by atoms with E-state index in [1.165, 1.54) is 5.56 Å². The third-order valence-corrected chi connectivity index (χ3v) is 4.60. The number of piperazine rings is 1. The van der Waals surface area contributed by atoms with E-state index in [0.29, 0.717) is 12.6 Å². The summed E-state index contributed by atoms with van der Waals surface area (Å²) in [6.07, 6.45) is 2.60. The molecule has 1 aliphatic rings. The van der Waals surface area contributed by atoms with Crippen LogP contribution in [0.4, 0.5) is 0 Å². The Balaban J connectivity index is 1.94. The lowest BCUT2D eigenvalue weighted by Gasteiger charge is -2.37. The van der Waals surface area contributed by atoms with Gasteiger partial charge in [-0.3, -0.25) is 9.69 Å². The zero-order valence-electron chi connectivity index (χ0n) is 14.8. The van der Waals surface area contributed by atoms with Gasteiger partial charge in [-0.15, -0.1) is 0 Å². The standard InChI is InChI=1S/C19H29N3O/c1-5-16(17-8-6-15(2)7-9-17)12-19(23)20-13-18-14-21(3)10-11-22(18)4/h6-9,12,18H,5,10-11,13-14H2,1-4H3,(H,20,23)/b16-12+. The van der Waals surface area contributed by atoms with E-state index in [-0.39, 0.29) is 5.91 Å². The second kappa shape index (κ2) is 8.27. The average Bonchev–Trinajstić information content (AvgIpc) is 2.54. The number of hydrogen-bond donors (Lipinski definition) is 1. The molecule has 0 saturated carbocycles. The number of carbonyl (C=O) groups excluding carboxylic acids is 1. The number of carbonyl (C=O) groups is 1. The summed E-state index contributed by atoms with van der Waals surface area (Å²) >= 11 is 0. The number of amides is 1. The predicted molar refractivity (Wildman–Crippen MR) is 96.4 cm³/mol. The van der Waals surface area contributed by atoms with Crippen molar-refractivity contribution in [3.8, 4) is 0 Å². The quantitative estimate of drug-likeness (QED) is 0.846. The Morgan fingerprint density at radius 2 is 1.96 bits per heavy atom. The first-order chi connectivity index (χ1) is 11.0. The molecular weight excluding hydrogens is 286 g/mol. The van der Waals surface area contributed by atoms with Gasteiger partial charge < -0.3 is 10.2 Å². The van der Waals surface area contributed by atoms with Crippen molar-refractivity contribution >= 4 is 11.5 Å². The number of benzene rings is 1. The second-order valence-electron chi connectivity index (χ2n) is 6.53. The van der Waals surface area contributed by atoms with Gasteiger partial charge in [0.05, 0.1) is 0 Å². The molecule has 1 saturated heterocycles. The van der Waals surface area contributed by atoms with Crippen LogP contribution in [0.15, 0.2) is 30.3 Å². The molecule has 0 radical (unpaired) electrons. The van der Waals surface area contributed by atoms with Gasteiger partial charge in [-0.05, 0) is 38.6 Å². The van der Waals surface area contributed by atoms with Crippen LogP contribution in [-0.4, -0.2) is 62.0 Å². The number of nitrogens with zero attached hydrogens (tertiary/aromatic N) is 2. The zero-order chi connectivity index (χ0) is 16.8. The van der Waals surface area contributed by atoms with Crippen molar-refractivity contribution in [1.82, 2.24) is 15.1 Å². The molecule has 0 aromatic heterocycles. The van der Waals surface area contributed by atoms with Crippen LogP contribution < -0.4 is 5.32 Å². The fraction of sp³-hybridized carbons (Fsp3) is 0.526. The first-order valence-corrected chi connectivity index (χ1v) is 8.43. The lowest BCUT2D eigenvalue weighted by atomic mass is 10.0. The van der Waals surface area contributed by atoms with Crippen LogP contribution in [0, 0.1) is 6.92 Å². The Morgan fingerprint density at radius 1 is 1.26 bits per heavy atom. The summed E-state index contributed by atoms with van der Waals surface area (Å²) < 4.78 is 0. The molecule has 1 heterocycles. The van der Waals surface area contributed by atoms with Gasteiger partial charge in [0.2, 0.25) is 5.91 Å². The number of nitrogens with one attached hydrogen (secondary N) is 1. The normalized spacial score (nSPS) is 20.5. The highest BCUT2D eigenvalue weighted by Crippen LogP contribution is 2.18. The Labute approximate surface area is 140 Å². The second-order valence-corrected chi connectivity index (χ2v) is 6.53. The molecule has 2 rings (SSSR count). The van der Waals surface area contributed by atoms with Gasteiger partial charge in [0.25, 0.3) is 0 Å². The van der Waals surface area contributed by atoms with Crippen LogP contribution in [-0.2, 0) is 4.79 Å². The Bertz CT molecular complexity index is 550. The summed E-state index contributed by atoms with van der Waals surface area (Å²) in [6, 6.07) is 8.73. The summed E-state index contributed by atoms with van der Waals surface area (Å²) in [5.41, 5.74) is 3.44. The highest BCUT2D eigenvalue weighted by Gasteiger charge is 2.22. The molecule has 1 aromatic carbocycles. The highest BCUT2D eigenvalue weighted by atomic mass is 16.1. The zero-order valence-corrected chi connectivity index (χ0v) is 14.8. The minimum absolute atomic E-state index is 0.00375. The van der Waals surface area contributed by atoms with Gasteiger partial charge >= 0.3 is 0 Å². The fourth-order valence-electron chi connectivity index (χ4n) is 2.91. The molecule has 1 fully saturated rings. The third kappa shape index (κ3) is 5.19. The highest BCUT2D eigenvalue weighted by molar-refractivity contribution is 5.95. The van der Waals surface area contributed by atoms with Crippen LogP contribution in [0.5, 0.6) is 0 Å². The van der Waals surface area contributed by atoms with E-state index in [4.69, 9.17) is 0 Å². The smallest absolute Gasteiger partial charge is 0.244 e. The molecule has 1 aromatic rings. The van der Waals surface area contributed by atoms with Crippen molar-refractivity contribution in [3.05, 3.63) is 41.5 Å². The molecule has 1 amide bonds. The third-order valence-electron chi connectivity index (χ3n) is 4.60. The molecule has 1 aliphatic heterocycles. The monoisotopic (exact) mass is 315 g/mol. The van der Waals surface area contributed by atoms with E-state index in [1.54, 1.807) is 6.08 Å². The van der Waals surface area contributed by atoms with E-state index in [2.05, 4.69) is 67.3 Å². The number of hydrogen-bond acceptors (Lipinski definition) is 3. The summed E-state index contributed by atoms with van der Waals surface area (Å²) in [5.74, 6) is 0.00375. The fourth-order valence-corrected chi connectivity index (χ4v) is 2.91. The molecule has 0 bridgehead atoms. The number of aryl methyl sites for hydroxylation is 1. The van der Waals surface area contributed by atoms with E-state index in [1.807, 2.05) is 0 Å². The van der Waals surface area contributed by atoms with E-state index < -0.39 is 0 Å². The van der Waals surface area contributed by atoms with Crippen molar-refractivity contribution in [3.63, 3.8) is 0 Å². The van der Waals surface area contributed by atoms with E-state index in [0.717, 1.165) is 37.2 Å².